The van der Waals surface area contributed by atoms with Crippen LogP contribution in [-0.4, -0.2) is 10.8 Å². The standard InChI is InChI=1S/C12H8NO/c14-12(10-4-2-1-3-5-10)11-6-8-13-9-7-11/h1-8H. The summed E-state index contributed by atoms with van der Waals surface area (Å²) in [5.74, 6) is 0.00394. The van der Waals surface area contributed by atoms with E-state index in [-0.39, 0.29) is 5.78 Å². The molecule has 0 spiro atoms. The molecule has 1 heterocycles. The fourth-order valence-corrected chi connectivity index (χ4v) is 1.21. The van der Waals surface area contributed by atoms with Crippen LogP contribution in [0.5, 0.6) is 0 Å². The molecule has 0 aliphatic carbocycles. The lowest BCUT2D eigenvalue weighted by atomic mass is 10.1. The van der Waals surface area contributed by atoms with Gasteiger partial charge in [0, 0.05) is 17.3 Å². The molecule has 0 saturated heterocycles. The van der Waals surface area contributed by atoms with E-state index in [1.54, 1.807) is 30.5 Å². The molecule has 2 heteroatoms. The van der Waals surface area contributed by atoms with Gasteiger partial charge in [-0.15, -0.1) is 0 Å². The summed E-state index contributed by atoms with van der Waals surface area (Å²) in [6, 6.07) is 12.4. The Balaban J connectivity index is 2.35. The van der Waals surface area contributed by atoms with E-state index in [1.807, 2.05) is 18.2 Å². The highest BCUT2D eigenvalue weighted by Crippen LogP contribution is 2.07. The van der Waals surface area contributed by atoms with Gasteiger partial charge in [0.05, 0.1) is 6.20 Å². The summed E-state index contributed by atoms with van der Waals surface area (Å²) < 4.78 is 0. The molecule has 67 valence electrons. The highest BCUT2D eigenvalue weighted by atomic mass is 16.1. The maximum atomic E-state index is 11.8. The van der Waals surface area contributed by atoms with Crippen LogP contribution in [-0.2, 0) is 0 Å². The van der Waals surface area contributed by atoms with Gasteiger partial charge < -0.3 is 0 Å². The number of carbonyl (C=O) groups excluding carboxylic acids is 1. The highest BCUT2D eigenvalue weighted by molar-refractivity contribution is 6.08. The second kappa shape index (κ2) is 3.83. The molecule has 1 radical (unpaired) electrons. The van der Waals surface area contributed by atoms with Crippen molar-refractivity contribution in [3.63, 3.8) is 0 Å². The van der Waals surface area contributed by atoms with Crippen molar-refractivity contribution in [3.8, 4) is 0 Å². The summed E-state index contributed by atoms with van der Waals surface area (Å²) in [6.07, 6.45) is 4.21. The molecule has 0 amide bonds. The lowest BCUT2D eigenvalue weighted by Crippen LogP contribution is -2.00. The van der Waals surface area contributed by atoms with Crippen LogP contribution < -0.4 is 0 Å². The summed E-state index contributed by atoms with van der Waals surface area (Å²) in [5, 5.41) is 0. The van der Waals surface area contributed by atoms with Crippen LogP contribution in [0.15, 0.2) is 48.7 Å². The Kier molecular flexibility index (Phi) is 2.36. The molecule has 14 heavy (non-hydrogen) atoms. The second-order valence-corrected chi connectivity index (χ2v) is 2.87. The maximum absolute atomic E-state index is 11.8. The zero-order valence-electron chi connectivity index (χ0n) is 7.47. The molecule has 0 unspecified atom stereocenters. The highest BCUT2D eigenvalue weighted by Gasteiger charge is 2.06. The van der Waals surface area contributed by atoms with E-state index in [0.717, 1.165) is 0 Å². The maximum Gasteiger partial charge on any atom is 0.193 e. The minimum absolute atomic E-state index is 0.00394. The van der Waals surface area contributed by atoms with Gasteiger partial charge in [0.2, 0.25) is 0 Å². The van der Waals surface area contributed by atoms with Crippen molar-refractivity contribution in [2.45, 2.75) is 0 Å². The molecule has 2 rings (SSSR count). The van der Waals surface area contributed by atoms with Gasteiger partial charge in [-0.05, 0) is 12.1 Å². The minimum Gasteiger partial charge on any atom is -0.289 e. The second-order valence-electron chi connectivity index (χ2n) is 2.87. The molecule has 2 nitrogen and oxygen atoms in total. The summed E-state index contributed by atoms with van der Waals surface area (Å²) >= 11 is 0. The normalized spacial score (nSPS) is 9.71. The lowest BCUT2D eigenvalue weighted by Gasteiger charge is -1.98. The number of nitrogens with zero attached hydrogens (tertiary/aromatic N) is 1. The lowest BCUT2D eigenvalue weighted by molar-refractivity contribution is 0.103. The third kappa shape index (κ3) is 1.69. The molecular formula is C12H8NO. The van der Waals surface area contributed by atoms with E-state index in [0.29, 0.717) is 11.1 Å². The fraction of sp³-hybridized carbons (Fsp3) is 0. The third-order valence-electron chi connectivity index (χ3n) is 1.92. The average molecular weight is 182 g/mol. The minimum atomic E-state index is 0.00394. The van der Waals surface area contributed by atoms with Crippen molar-refractivity contribution in [1.82, 2.24) is 4.98 Å². The van der Waals surface area contributed by atoms with Gasteiger partial charge in [0.1, 0.15) is 0 Å². The number of carbonyl (C=O) groups is 1. The van der Waals surface area contributed by atoms with E-state index in [9.17, 15) is 4.79 Å². The van der Waals surface area contributed by atoms with Gasteiger partial charge in [-0.2, -0.15) is 0 Å². The smallest absolute Gasteiger partial charge is 0.193 e. The van der Waals surface area contributed by atoms with Crippen LogP contribution in [0.25, 0.3) is 0 Å². The zero-order valence-corrected chi connectivity index (χ0v) is 7.47. The Labute approximate surface area is 82.2 Å². The first kappa shape index (κ1) is 8.63. The molecule has 2 aromatic rings. The predicted molar refractivity (Wildman–Crippen MR) is 52.9 cm³/mol. The monoisotopic (exact) mass is 182 g/mol. The van der Waals surface area contributed by atoms with Crippen LogP contribution in [0.3, 0.4) is 0 Å². The summed E-state index contributed by atoms with van der Waals surface area (Å²) in [4.78, 5) is 15.5. The Hall–Kier alpha value is -1.96. The molecule has 0 aliphatic heterocycles. The van der Waals surface area contributed by atoms with Crippen molar-refractivity contribution >= 4 is 5.78 Å². The number of hydrogen-bond acceptors (Lipinski definition) is 2. The van der Waals surface area contributed by atoms with Gasteiger partial charge in [-0.25, -0.2) is 0 Å². The fourth-order valence-electron chi connectivity index (χ4n) is 1.21. The van der Waals surface area contributed by atoms with Crippen molar-refractivity contribution in [2.75, 3.05) is 0 Å². The molecule has 0 aliphatic rings. The van der Waals surface area contributed by atoms with Crippen LogP contribution in [0, 0.1) is 6.20 Å². The first-order chi connectivity index (χ1) is 6.88. The van der Waals surface area contributed by atoms with Crippen molar-refractivity contribution < 1.29 is 4.79 Å². The summed E-state index contributed by atoms with van der Waals surface area (Å²) in [6.45, 7) is 0. The van der Waals surface area contributed by atoms with E-state index in [4.69, 9.17) is 0 Å². The number of pyridine rings is 1. The zero-order chi connectivity index (χ0) is 9.80. The van der Waals surface area contributed by atoms with Crippen LogP contribution >= 0.6 is 0 Å². The Morgan fingerprint density at radius 2 is 1.86 bits per heavy atom. The van der Waals surface area contributed by atoms with Gasteiger partial charge in [0.25, 0.3) is 0 Å². The van der Waals surface area contributed by atoms with Crippen LogP contribution in [0.1, 0.15) is 15.9 Å². The van der Waals surface area contributed by atoms with E-state index < -0.39 is 0 Å². The molecule has 0 fully saturated rings. The first-order valence-electron chi connectivity index (χ1n) is 4.30. The molecular weight excluding hydrogens is 174 g/mol. The first-order valence-corrected chi connectivity index (χ1v) is 4.30. The van der Waals surface area contributed by atoms with Gasteiger partial charge in [0.15, 0.2) is 5.78 Å². The molecule has 0 atom stereocenters. The van der Waals surface area contributed by atoms with Crippen molar-refractivity contribution in [3.05, 3.63) is 66.0 Å². The molecule has 0 N–H and O–H groups in total. The van der Waals surface area contributed by atoms with E-state index >= 15 is 0 Å². The van der Waals surface area contributed by atoms with Gasteiger partial charge in [-0.1, -0.05) is 30.3 Å². The van der Waals surface area contributed by atoms with Gasteiger partial charge >= 0.3 is 0 Å². The van der Waals surface area contributed by atoms with E-state index in [1.165, 1.54) is 0 Å². The summed E-state index contributed by atoms with van der Waals surface area (Å²) in [7, 11) is 0. The number of benzene rings is 1. The largest absolute Gasteiger partial charge is 0.289 e. The van der Waals surface area contributed by atoms with Gasteiger partial charge in [-0.3, -0.25) is 9.78 Å². The average Bonchev–Trinajstić information content (AvgIpc) is 2.30. The Bertz CT molecular complexity index is 381. The third-order valence-corrected chi connectivity index (χ3v) is 1.92. The number of rotatable bonds is 2. The molecule has 0 saturated carbocycles. The van der Waals surface area contributed by atoms with Crippen molar-refractivity contribution in [1.29, 1.82) is 0 Å². The topological polar surface area (TPSA) is 30.0 Å². The Morgan fingerprint density at radius 1 is 1.07 bits per heavy atom. The van der Waals surface area contributed by atoms with Crippen LogP contribution in [0.2, 0.25) is 0 Å². The van der Waals surface area contributed by atoms with Crippen molar-refractivity contribution in [2.24, 2.45) is 0 Å². The van der Waals surface area contributed by atoms with Crippen LogP contribution in [0.4, 0.5) is 0 Å². The molecule has 1 aromatic heterocycles. The molecule has 0 bridgehead atoms. The predicted octanol–water partition coefficient (Wildman–Crippen LogP) is 2.11. The number of hydrogen-bond donors (Lipinski definition) is 0. The summed E-state index contributed by atoms with van der Waals surface area (Å²) in [5.41, 5.74) is 1.30. The molecule has 1 aromatic carbocycles. The quantitative estimate of drug-likeness (QED) is 0.666. The number of aromatic nitrogens is 1. The SMILES string of the molecule is O=C(c1c[c]ncc1)c1ccccc1. The van der Waals surface area contributed by atoms with E-state index in [2.05, 4.69) is 11.2 Å². The number of ketones is 1. The Morgan fingerprint density at radius 3 is 2.50 bits per heavy atom.